The van der Waals surface area contributed by atoms with Gasteiger partial charge in [-0.1, -0.05) is 30.3 Å². The van der Waals surface area contributed by atoms with Crippen molar-refractivity contribution in [2.75, 3.05) is 0 Å². The number of nitrogens with zero attached hydrogens (tertiary/aromatic N) is 1. The number of benzene rings is 1. The summed E-state index contributed by atoms with van der Waals surface area (Å²) in [5.41, 5.74) is 0.598. The number of rotatable bonds is 3. The van der Waals surface area contributed by atoms with Crippen molar-refractivity contribution >= 4 is 11.8 Å². The van der Waals surface area contributed by atoms with Crippen LogP contribution in [0, 0.1) is 23.2 Å². The molecule has 0 N–H and O–H groups in total. The summed E-state index contributed by atoms with van der Waals surface area (Å²) in [4.78, 5) is 23.4. The van der Waals surface area contributed by atoms with Crippen LogP contribution in [0.4, 0.5) is 0 Å². The standard InChI is InChI=1S/C14H13NO3/c1-9-11(12(8-15)14(17)18-9)7-13(16)10-5-3-2-4-6-10/h2-6,9,11-12H,7H2,1H3/t9-,11+,12-/m1/s1. The number of hydrogen-bond donors (Lipinski definition) is 0. The number of ketones is 1. The molecule has 3 atom stereocenters. The summed E-state index contributed by atoms with van der Waals surface area (Å²) in [5, 5.41) is 8.95. The number of esters is 1. The highest BCUT2D eigenvalue weighted by Crippen LogP contribution is 2.31. The third-order valence-corrected chi connectivity index (χ3v) is 3.24. The molecule has 4 nitrogen and oxygen atoms in total. The van der Waals surface area contributed by atoms with Crippen LogP contribution in [0.1, 0.15) is 23.7 Å². The lowest BCUT2D eigenvalue weighted by Crippen LogP contribution is -2.21. The highest BCUT2D eigenvalue weighted by atomic mass is 16.6. The second-order valence-electron chi connectivity index (χ2n) is 4.41. The van der Waals surface area contributed by atoms with Gasteiger partial charge in [0.05, 0.1) is 6.07 Å². The van der Waals surface area contributed by atoms with Crippen LogP contribution in [0.15, 0.2) is 30.3 Å². The molecule has 1 aliphatic heterocycles. The number of cyclic esters (lactones) is 1. The number of nitriles is 1. The molecule has 92 valence electrons. The monoisotopic (exact) mass is 243 g/mol. The SMILES string of the molecule is C[C@H]1OC(=O)[C@H](C#N)[C@H]1CC(=O)c1ccccc1. The van der Waals surface area contributed by atoms with Gasteiger partial charge in [0.25, 0.3) is 0 Å². The van der Waals surface area contributed by atoms with Crippen LogP contribution >= 0.6 is 0 Å². The summed E-state index contributed by atoms with van der Waals surface area (Å²) in [6, 6.07) is 10.8. The van der Waals surface area contributed by atoms with Gasteiger partial charge in [0.2, 0.25) is 0 Å². The topological polar surface area (TPSA) is 67.2 Å². The first-order valence-electron chi connectivity index (χ1n) is 5.82. The van der Waals surface area contributed by atoms with Crippen molar-refractivity contribution < 1.29 is 14.3 Å². The summed E-state index contributed by atoms with van der Waals surface area (Å²) < 4.78 is 5.00. The quantitative estimate of drug-likeness (QED) is 0.601. The first-order chi connectivity index (χ1) is 8.63. The zero-order chi connectivity index (χ0) is 13.1. The van der Waals surface area contributed by atoms with E-state index in [1.165, 1.54) is 0 Å². The second kappa shape index (κ2) is 5.01. The zero-order valence-corrected chi connectivity index (χ0v) is 10.00. The lowest BCUT2D eigenvalue weighted by atomic mass is 9.86. The average Bonchev–Trinajstić information content (AvgIpc) is 2.64. The molecule has 0 aromatic heterocycles. The summed E-state index contributed by atoms with van der Waals surface area (Å²) >= 11 is 0. The van der Waals surface area contributed by atoms with Gasteiger partial charge >= 0.3 is 5.97 Å². The highest BCUT2D eigenvalue weighted by molar-refractivity contribution is 5.96. The number of carbonyl (C=O) groups is 2. The zero-order valence-electron chi connectivity index (χ0n) is 10.00. The molecule has 18 heavy (non-hydrogen) atoms. The Labute approximate surface area is 105 Å². The summed E-state index contributed by atoms with van der Waals surface area (Å²) in [6.07, 6.45) is -0.218. The molecule has 1 aromatic rings. The van der Waals surface area contributed by atoms with E-state index in [0.717, 1.165) is 0 Å². The van der Waals surface area contributed by atoms with Crippen molar-refractivity contribution in [3.63, 3.8) is 0 Å². The Kier molecular flexibility index (Phi) is 3.42. The van der Waals surface area contributed by atoms with Crippen molar-refractivity contribution in [2.45, 2.75) is 19.4 Å². The van der Waals surface area contributed by atoms with Gasteiger partial charge in [-0.3, -0.25) is 9.59 Å². The fourth-order valence-corrected chi connectivity index (χ4v) is 2.18. The van der Waals surface area contributed by atoms with Crippen LogP contribution < -0.4 is 0 Å². The van der Waals surface area contributed by atoms with E-state index in [9.17, 15) is 9.59 Å². The Balaban J connectivity index is 2.12. The molecule has 1 aliphatic rings. The molecular formula is C14H13NO3. The van der Waals surface area contributed by atoms with E-state index in [1.54, 1.807) is 31.2 Å². The summed E-state index contributed by atoms with van der Waals surface area (Å²) in [6.45, 7) is 1.72. The second-order valence-corrected chi connectivity index (χ2v) is 4.41. The minimum absolute atomic E-state index is 0.0639. The first kappa shape index (κ1) is 12.3. The fourth-order valence-electron chi connectivity index (χ4n) is 2.18. The van der Waals surface area contributed by atoms with Gasteiger partial charge in [0.15, 0.2) is 11.7 Å². The van der Waals surface area contributed by atoms with E-state index >= 15 is 0 Å². The Morgan fingerprint density at radius 3 is 2.67 bits per heavy atom. The normalized spacial score (nSPS) is 26.4. The van der Waals surface area contributed by atoms with Gasteiger partial charge in [0.1, 0.15) is 6.10 Å². The van der Waals surface area contributed by atoms with E-state index < -0.39 is 11.9 Å². The maximum atomic E-state index is 12.0. The van der Waals surface area contributed by atoms with E-state index in [0.29, 0.717) is 5.56 Å². The molecular weight excluding hydrogens is 230 g/mol. The van der Waals surface area contributed by atoms with Crippen molar-refractivity contribution in [2.24, 2.45) is 11.8 Å². The molecule has 2 rings (SSSR count). The van der Waals surface area contributed by atoms with Crippen LogP contribution in [0.5, 0.6) is 0 Å². The van der Waals surface area contributed by atoms with Crippen molar-refractivity contribution in [3.05, 3.63) is 35.9 Å². The van der Waals surface area contributed by atoms with E-state index in [1.807, 2.05) is 12.1 Å². The molecule has 1 aromatic carbocycles. The highest BCUT2D eigenvalue weighted by Gasteiger charge is 2.43. The summed E-state index contributed by atoms with van der Waals surface area (Å²) in [7, 11) is 0. The van der Waals surface area contributed by atoms with Crippen molar-refractivity contribution in [3.8, 4) is 6.07 Å². The summed E-state index contributed by atoms with van der Waals surface area (Å²) in [5.74, 6) is -1.76. The molecule has 0 aliphatic carbocycles. The first-order valence-corrected chi connectivity index (χ1v) is 5.82. The third-order valence-electron chi connectivity index (χ3n) is 3.24. The minimum atomic E-state index is -0.826. The van der Waals surface area contributed by atoms with Crippen LogP contribution in [0.25, 0.3) is 0 Å². The smallest absolute Gasteiger partial charge is 0.324 e. The van der Waals surface area contributed by atoms with Crippen molar-refractivity contribution in [1.29, 1.82) is 5.26 Å². The lowest BCUT2D eigenvalue weighted by Gasteiger charge is -2.13. The average molecular weight is 243 g/mol. The Morgan fingerprint density at radius 1 is 1.39 bits per heavy atom. The molecule has 0 bridgehead atoms. The number of ether oxygens (including phenoxy) is 1. The van der Waals surface area contributed by atoms with Gasteiger partial charge in [-0.2, -0.15) is 5.26 Å². The molecule has 0 saturated carbocycles. The molecule has 0 unspecified atom stereocenters. The Bertz CT molecular complexity index is 504. The molecule has 4 heteroatoms. The van der Waals surface area contributed by atoms with Gasteiger partial charge < -0.3 is 4.74 Å². The van der Waals surface area contributed by atoms with Crippen LogP contribution in [0.2, 0.25) is 0 Å². The van der Waals surface area contributed by atoms with Crippen LogP contribution in [-0.2, 0) is 9.53 Å². The van der Waals surface area contributed by atoms with Crippen LogP contribution in [-0.4, -0.2) is 17.9 Å². The van der Waals surface area contributed by atoms with E-state index in [2.05, 4.69) is 0 Å². The van der Waals surface area contributed by atoms with Gasteiger partial charge in [0, 0.05) is 17.9 Å². The number of carbonyl (C=O) groups excluding carboxylic acids is 2. The maximum absolute atomic E-state index is 12.0. The molecule has 0 amide bonds. The van der Waals surface area contributed by atoms with Gasteiger partial charge in [-0.05, 0) is 6.92 Å². The van der Waals surface area contributed by atoms with Crippen LogP contribution in [0.3, 0.4) is 0 Å². The van der Waals surface area contributed by atoms with E-state index in [4.69, 9.17) is 10.00 Å². The maximum Gasteiger partial charge on any atom is 0.324 e. The van der Waals surface area contributed by atoms with E-state index in [-0.39, 0.29) is 24.2 Å². The Morgan fingerprint density at radius 2 is 2.06 bits per heavy atom. The van der Waals surface area contributed by atoms with Gasteiger partial charge in [-0.25, -0.2) is 0 Å². The predicted octanol–water partition coefficient (Wildman–Crippen LogP) is 1.96. The Hall–Kier alpha value is -2.15. The molecule has 1 saturated heterocycles. The van der Waals surface area contributed by atoms with Crippen molar-refractivity contribution in [1.82, 2.24) is 0 Å². The minimum Gasteiger partial charge on any atom is -0.461 e. The molecule has 1 heterocycles. The predicted molar refractivity (Wildman–Crippen MR) is 63.5 cm³/mol. The number of hydrogen-bond acceptors (Lipinski definition) is 4. The lowest BCUT2D eigenvalue weighted by molar-refractivity contribution is -0.142. The largest absolute Gasteiger partial charge is 0.461 e. The molecule has 0 radical (unpaired) electrons. The van der Waals surface area contributed by atoms with Gasteiger partial charge in [-0.15, -0.1) is 0 Å². The third kappa shape index (κ3) is 2.25. The fraction of sp³-hybridized carbons (Fsp3) is 0.357. The molecule has 1 fully saturated rings. The molecule has 0 spiro atoms. The number of Topliss-reactive ketones (excluding diaryl/α,β-unsaturated/α-hetero) is 1.